The van der Waals surface area contributed by atoms with Gasteiger partial charge in [-0.15, -0.1) is 0 Å². The van der Waals surface area contributed by atoms with E-state index in [9.17, 15) is 0 Å². The molecule has 5 heteroatoms. The van der Waals surface area contributed by atoms with E-state index in [0.29, 0.717) is 0 Å². The molecule has 0 unspecified atom stereocenters. The van der Waals surface area contributed by atoms with Gasteiger partial charge in [-0.3, -0.25) is 0 Å². The Hall–Kier alpha value is -2.43. The van der Waals surface area contributed by atoms with Crippen molar-refractivity contribution in [1.29, 1.82) is 0 Å². The monoisotopic (exact) mass is 264 g/mol. The first-order valence-electron chi connectivity index (χ1n) is 6.77. The maximum atomic E-state index is 5.96. The third-order valence-corrected chi connectivity index (χ3v) is 3.82. The number of furan rings is 1. The summed E-state index contributed by atoms with van der Waals surface area (Å²) in [5.41, 5.74) is 1.86. The molecule has 0 amide bonds. The van der Waals surface area contributed by atoms with E-state index in [4.69, 9.17) is 4.42 Å². The average Bonchev–Trinajstić information content (AvgIpc) is 3.01. The largest absolute Gasteiger partial charge is 0.452 e. The Labute approximate surface area is 116 Å². The molecular formula is C15H15BN3O+. The fourth-order valence-corrected chi connectivity index (χ4v) is 2.81. The molecule has 4 nitrogen and oxygen atoms in total. The molecule has 3 heterocycles. The summed E-state index contributed by atoms with van der Waals surface area (Å²) in [7, 11) is 2.02. The Morgan fingerprint density at radius 2 is 2.05 bits per heavy atom. The van der Waals surface area contributed by atoms with Gasteiger partial charge in [0.2, 0.25) is 0 Å². The van der Waals surface area contributed by atoms with E-state index in [1.165, 1.54) is 10.6 Å². The van der Waals surface area contributed by atoms with Crippen molar-refractivity contribution in [2.45, 2.75) is 6.82 Å². The number of hydrogen-bond acceptors (Lipinski definition) is 2. The second-order valence-corrected chi connectivity index (χ2v) is 5.18. The molecule has 0 N–H and O–H groups in total. The van der Waals surface area contributed by atoms with Gasteiger partial charge in [0.1, 0.15) is 25.0 Å². The molecule has 0 fully saturated rings. The highest BCUT2D eigenvalue weighted by Crippen LogP contribution is 2.09. The van der Waals surface area contributed by atoms with E-state index in [0.717, 1.165) is 11.0 Å². The summed E-state index contributed by atoms with van der Waals surface area (Å²) < 4.78 is 7.99. The Bertz CT molecular complexity index is 909. The van der Waals surface area contributed by atoms with Crippen LogP contribution in [0, 0.1) is 0 Å². The van der Waals surface area contributed by atoms with E-state index in [1.54, 1.807) is 0 Å². The molecule has 0 bridgehead atoms. The average molecular weight is 264 g/mol. The first-order chi connectivity index (χ1) is 9.74. The van der Waals surface area contributed by atoms with Gasteiger partial charge in [-0.1, -0.05) is 29.0 Å². The van der Waals surface area contributed by atoms with Gasteiger partial charge >= 0.3 is 6.85 Å². The number of aromatic nitrogens is 2. The van der Waals surface area contributed by atoms with Gasteiger partial charge in [-0.2, -0.15) is 4.68 Å². The molecule has 0 aliphatic carbocycles. The summed E-state index contributed by atoms with van der Waals surface area (Å²) in [6.45, 7) is 2.45. The van der Waals surface area contributed by atoms with Crippen molar-refractivity contribution in [3.63, 3.8) is 0 Å². The minimum atomic E-state index is 0.266. The molecular weight excluding hydrogens is 249 g/mol. The van der Waals surface area contributed by atoms with Gasteiger partial charge in [0, 0.05) is 16.7 Å². The van der Waals surface area contributed by atoms with Crippen LogP contribution in [0.3, 0.4) is 0 Å². The van der Waals surface area contributed by atoms with Crippen molar-refractivity contribution in [1.82, 2.24) is 4.79 Å². The summed E-state index contributed by atoms with van der Waals surface area (Å²) in [6, 6.07) is 10.2. The van der Waals surface area contributed by atoms with Crippen molar-refractivity contribution < 1.29 is 9.10 Å². The summed E-state index contributed by atoms with van der Waals surface area (Å²) in [5, 5.41) is 2.38. The lowest BCUT2D eigenvalue weighted by molar-refractivity contribution is -0.750. The number of benzene rings is 1. The first-order valence-corrected chi connectivity index (χ1v) is 6.77. The summed E-state index contributed by atoms with van der Waals surface area (Å²) in [4.78, 5) is 4.22. The number of fused-ring (bicyclic) bond motifs is 3. The predicted octanol–water partition coefficient (Wildman–Crippen LogP) is 0.390. The molecule has 0 saturated carbocycles. The van der Waals surface area contributed by atoms with E-state index >= 15 is 0 Å². The molecule has 0 saturated heterocycles. The van der Waals surface area contributed by atoms with Crippen LogP contribution in [0.1, 0.15) is 0 Å². The van der Waals surface area contributed by atoms with Crippen molar-refractivity contribution in [2.24, 2.45) is 7.05 Å². The second kappa shape index (κ2) is 4.03. The van der Waals surface area contributed by atoms with E-state index in [1.807, 2.05) is 42.3 Å². The maximum Gasteiger partial charge on any atom is 0.425 e. The number of aryl methyl sites for hydroxylation is 1. The van der Waals surface area contributed by atoms with Gasteiger partial charge in [0.25, 0.3) is 0 Å². The standard InChI is InChI=1S/C15H15BN3O/c1-16-10-13-12-6-3-4-7-14(12)20-15(13)11-18(16)19-9-5-8-17(19)2/h3-11H,1-2H3/q+1. The van der Waals surface area contributed by atoms with Gasteiger partial charge in [-0.05, 0) is 12.9 Å². The third-order valence-electron chi connectivity index (χ3n) is 3.82. The molecule has 3 aromatic rings. The molecule has 0 radical (unpaired) electrons. The van der Waals surface area contributed by atoms with Crippen LogP contribution in [0.15, 0.2) is 47.1 Å². The molecule has 98 valence electrons. The Morgan fingerprint density at radius 3 is 2.85 bits per heavy atom. The second-order valence-electron chi connectivity index (χ2n) is 5.18. The summed E-state index contributed by atoms with van der Waals surface area (Å²) in [6.07, 6.45) is 6.13. The highest BCUT2D eigenvalue weighted by Gasteiger charge is 2.28. The van der Waals surface area contributed by atoms with E-state index < -0.39 is 0 Å². The highest BCUT2D eigenvalue weighted by molar-refractivity contribution is 6.75. The predicted molar refractivity (Wildman–Crippen MR) is 79.8 cm³/mol. The maximum absolute atomic E-state index is 5.96. The molecule has 20 heavy (non-hydrogen) atoms. The lowest BCUT2D eigenvalue weighted by Gasteiger charge is -2.18. The molecule has 1 aliphatic heterocycles. The van der Waals surface area contributed by atoms with Crippen LogP contribution in [0.2, 0.25) is 6.82 Å². The van der Waals surface area contributed by atoms with Gasteiger partial charge < -0.3 is 4.42 Å². The molecule has 2 aromatic heterocycles. The fourth-order valence-electron chi connectivity index (χ4n) is 2.81. The normalized spacial score (nSPS) is 14.1. The van der Waals surface area contributed by atoms with Crippen molar-refractivity contribution >= 4 is 30.0 Å². The molecule has 0 atom stereocenters. The van der Waals surface area contributed by atoms with Crippen molar-refractivity contribution in [3.8, 4) is 0 Å². The zero-order valence-corrected chi connectivity index (χ0v) is 11.5. The zero-order chi connectivity index (χ0) is 13.7. The van der Waals surface area contributed by atoms with Crippen LogP contribution >= 0.6 is 0 Å². The quantitative estimate of drug-likeness (QED) is 0.469. The van der Waals surface area contributed by atoms with Crippen molar-refractivity contribution in [2.75, 3.05) is 4.92 Å². The number of hydrogen-bond donors (Lipinski definition) is 0. The minimum Gasteiger partial charge on any atom is -0.452 e. The minimum absolute atomic E-state index is 0.266. The number of para-hydroxylation sites is 1. The first kappa shape index (κ1) is 11.4. The van der Waals surface area contributed by atoms with Gasteiger partial charge in [0.15, 0.2) is 5.42 Å². The Morgan fingerprint density at radius 1 is 1.20 bits per heavy atom. The smallest absolute Gasteiger partial charge is 0.425 e. The Kier molecular flexibility index (Phi) is 2.30. The van der Waals surface area contributed by atoms with Crippen LogP contribution < -0.4 is 20.2 Å². The third kappa shape index (κ3) is 1.53. The lowest BCUT2D eigenvalue weighted by atomic mass is 9.63. The van der Waals surface area contributed by atoms with Crippen LogP contribution in [-0.2, 0) is 7.05 Å². The number of rotatable bonds is 1. The Balaban J connectivity index is 1.98. The highest BCUT2D eigenvalue weighted by atomic mass is 16.3. The SMILES string of the molecule is CB1C=c2c(oc3ccccc23)=CN1n1ccc[n+]1C. The van der Waals surface area contributed by atoms with Crippen LogP contribution in [0.5, 0.6) is 0 Å². The number of nitrogens with zero attached hydrogens (tertiary/aromatic N) is 3. The van der Waals surface area contributed by atoms with E-state index in [2.05, 4.69) is 40.8 Å². The van der Waals surface area contributed by atoms with Crippen LogP contribution in [0.4, 0.5) is 0 Å². The molecule has 4 rings (SSSR count). The van der Waals surface area contributed by atoms with Gasteiger partial charge in [-0.25, -0.2) is 4.92 Å². The molecule has 1 aromatic carbocycles. The fraction of sp³-hybridized carbons (Fsp3) is 0.133. The molecule has 0 spiro atoms. The van der Waals surface area contributed by atoms with Crippen molar-refractivity contribution in [3.05, 3.63) is 53.4 Å². The summed E-state index contributed by atoms with van der Waals surface area (Å²) >= 11 is 0. The van der Waals surface area contributed by atoms with Gasteiger partial charge in [0.05, 0.1) is 6.20 Å². The topological polar surface area (TPSA) is 25.2 Å². The van der Waals surface area contributed by atoms with Crippen LogP contribution in [0.25, 0.3) is 23.1 Å². The zero-order valence-electron chi connectivity index (χ0n) is 11.5. The van der Waals surface area contributed by atoms with E-state index in [-0.39, 0.29) is 6.85 Å². The molecule has 1 aliphatic rings. The lowest BCUT2D eigenvalue weighted by Crippen LogP contribution is -2.56. The summed E-state index contributed by atoms with van der Waals surface area (Å²) in [5.74, 6) is 2.25. The van der Waals surface area contributed by atoms with Crippen LogP contribution in [-0.4, -0.2) is 11.6 Å².